The van der Waals surface area contributed by atoms with E-state index in [1.165, 1.54) is 6.33 Å². The molecule has 0 spiro atoms. The number of pyridine rings is 1. The van der Waals surface area contributed by atoms with E-state index in [9.17, 15) is 0 Å². The molecule has 0 unspecified atom stereocenters. The third kappa shape index (κ3) is 4.35. The summed E-state index contributed by atoms with van der Waals surface area (Å²) in [7, 11) is 0. The number of fused-ring (bicyclic) bond motifs is 1. The Kier molecular flexibility index (Phi) is 5.22. The molecule has 1 N–H and O–H groups in total. The highest BCUT2D eigenvalue weighted by Crippen LogP contribution is 2.22. The van der Waals surface area contributed by atoms with Gasteiger partial charge in [-0.05, 0) is 29.8 Å². The van der Waals surface area contributed by atoms with Crippen LogP contribution in [0.1, 0.15) is 11.3 Å². The number of hydrogen-bond donors (Lipinski definition) is 1. The lowest BCUT2D eigenvalue weighted by molar-refractivity contribution is 0.301. The third-order valence-electron chi connectivity index (χ3n) is 4.83. The van der Waals surface area contributed by atoms with Gasteiger partial charge in [0.2, 0.25) is 0 Å². The minimum atomic E-state index is 0.446. The van der Waals surface area contributed by atoms with E-state index in [1.807, 2.05) is 78.9 Å². The van der Waals surface area contributed by atoms with Gasteiger partial charge in [-0.25, -0.2) is 4.98 Å². The van der Waals surface area contributed by atoms with Gasteiger partial charge >= 0.3 is 0 Å². The Morgan fingerprint density at radius 3 is 2.52 bits per heavy atom. The summed E-state index contributed by atoms with van der Waals surface area (Å²) in [4.78, 5) is 13.1. The first-order chi connectivity index (χ1) is 15.3. The highest BCUT2D eigenvalue weighted by molar-refractivity contribution is 5.65. The van der Waals surface area contributed by atoms with Gasteiger partial charge in [0.15, 0.2) is 0 Å². The molecule has 3 heterocycles. The topological polar surface area (TPSA) is 77.2 Å². The fourth-order valence-electron chi connectivity index (χ4n) is 3.23. The number of benzene rings is 2. The van der Waals surface area contributed by atoms with Crippen LogP contribution in [0, 0.1) is 0 Å². The van der Waals surface area contributed by atoms with Gasteiger partial charge in [-0.1, -0.05) is 48.5 Å². The second-order valence-corrected chi connectivity index (χ2v) is 6.97. The molecule has 0 bridgehead atoms. The van der Waals surface area contributed by atoms with Crippen molar-refractivity contribution in [3.8, 4) is 17.0 Å². The molecular weight excluding hydrogens is 388 g/mol. The van der Waals surface area contributed by atoms with Crippen molar-refractivity contribution in [1.82, 2.24) is 24.6 Å². The number of hydrogen-bond acceptors (Lipinski definition) is 6. The zero-order chi connectivity index (χ0) is 20.9. The molecule has 0 amide bonds. The average molecular weight is 408 g/mol. The number of ether oxygens (including phenoxy) is 1. The van der Waals surface area contributed by atoms with Crippen molar-refractivity contribution in [2.45, 2.75) is 13.2 Å². The van der Waals surface area contributed by atoms with E-state index in [1.54, 1.807) is 10.7 Å². The van der Waals surface area contributed by atoms with E-state index in [0.717, 1.165) is 34.1 Å². The first-order valence-electron chi connectivity index (χ1n) is 9.97. The monoisotopic (exact) mass is 408 g/mol. The van der Waals surface area contributed by atoms with Crippen molar-refractivity contribution < 1.29 is 4.74 Å². The zero-order valence-corrected chi connectivity index (χ0v) is 16.7. The SMILES string of the molecule is c1ccc(-c2cc(NCc3ccc(OCc4ccccn4)cc3)n3ncnc3n2)cc1. The first-order valence-corrected chi connectivity index (χ1v) is 9.97. The molecule has 5 aromatic rings. The van der Waals surface area contributed by atoms with Crippen molar-refractivity contribution in [1.29, 1.82) is 0 Å². The molecule has 0 saturated carbocycles. The summed E-state index contributed by atoms with van der Waals surface area (Å²) in [5.41, 5.74) is 3.90. The Balaban J connectivity index is 1.29. The Bertz CT molecular complexity index is 1270. The molecule has 3 aromatic heterocycles. The number of nitrogens with zero attached hydrogens (tertiary/aromatic N) is 5. The molecule has 0 atom stereocenters. The van der Waals surface area contributed by atoms with Gasteiger partial charge in [-0.15, -0.1) is 0 Å². The molecule has 0 aliphatic heterocycles. The lowest BCUT2D eigenvalue weighted by atomic mass is 10.1. The maximum absolute atomic E-state index is 5.81. The molecule has 0 saturated heterocycles. The number of nitrogens with one attached hydrogen (secondary N) is 1. The summed E-state index contributed by atoms with van der Waals surface area (Å²) < 4.78 is 7.51. The van der Waals surface area contributed by atoms with Crippen LogP contribution in [0.25, 0.3) is 17.0 Å². The van der Waals surface area contributed by atoms with Crippen LogP contribution in [0.15, 0.2) is 91.4 Å². The minimum absolute atomic E-state index is 0.446. The fourth-order valence-corrected chi connectivity index (χ4v) is 3.23. The van der Waals surface area contributed by atoms with Crippen LogP contribution in [0.3, 0.4) is 0 Å². The normalized spacial score (nSPS) is 10.8. The lowest BCUT2D eigenvalue weighted by Crippen LogP contribution is -2.07. The predicted molar refractivity (Wildman–Crippen MR) is 119 cm³/mol. The molecule has 0 aliphatic rings. The van der Waals surface area contributed by atoms with Crippen LogP contribution in [-0.2, 0) is 13.2 Å². The maximum Gasteiger partial charge on any atom is 0.254 e. The third-order valence-corrected chi connectivity index (χ3v) is 4.83. The van der Waals surface area contributed by atoms with Gasteiger partial charge < -0.3 is 10.1 Å². The molecule has 2 aromatic carbocycles. The second-order valence-electron chi connectivity index (χ2n) is 6.97. The summed E-state index contributed by atoms with van der Waals surface area (Å²) in [5, 5.41) is 7.73. The van der Waals surface area contributed by atoms with E-state index >= 15 is 0 Å². The summed E-state index contributed by atoms with van der Waals surface area (Å²) in [6.45, 7) is 1.08. The van der Waals surface area contributed by atoms with Crippen molar-refractivity contribution in [3.63, 3.8) is 0 Å². The van der Waals surface area contributed by atoms with Gasteiger partial charge in [0.25, 0.3) is 5.78 Å². The van der Waals surface area contributed by atoms with Crippen molar-refractivity contribution in [2.75, 3.05) is 5.32 Å². The van der Waals surface area contributed by atoms with Gasteiger partial charge in [0.1, 0.15) is 24.5 Å². The van der Waals surface area contributed by atoms with E-state index in [2.05, 4.69) is 25.4 Å². The van der Waals surface area contributed by atoms with Crippen LogP contribution in [0.5, 0.6) is 5.75 Å². The molecule has 152 valence electrons. The molecule has 31 heavy (non-hydrogen) atoms. The molecule has 7 nitrogen and oxygen atoms in total. The van der Waals surface area contributed by atoms with Gasteiger partial charge in [-0.3, -0.25) is 4.98 Å². The van der Waals surface area contributed by atoms with E-state index in [-0.39, 0.29) is 0 Å². The van der Waals surface area contributed by atoms with E-state index in [4.69, 9.17) is 4.74 Å². The largest absolute Gasteiger partial charge is 0.487 e. The van der Waals surface area contributed by atoms with Crippen LogP contribution in [0.4, 0.5) is 5.82 Å². The second kappa shape index (κ2) is 8.62. The van der Waals surface area contributed by atoms with Gasteiger partial charge in [0.05, 0.1) is 11.4 Å². The smallest absolute Gasteiger partial charge is 0.254 e. The highest BCUT2D eigenvalue weighted by atomic mass is 16.5. The fraction of sp³-hybridized carbons (Fsp3) is 0.0833. The molecule has 0 radical (unpaired) electrons. The number of aromatic nitrogens is 5. The summed E-state index contributed by atoms with van der Waals surface area (Å²) in [6, 6.07) is 25.8. The highest BCUT2D eigenvalue weighted by Gasteiger charge is 2.09. The maximum atomic E-state index is 5.81. The number of anilines is 1. The van der Waals surface area contributed by atoms with Crippen LogP contribution in [-0.4, -0.2) is 24.6 Å². The average Bonchev–Trinajstić information content (AvgIpc) is 3.32. The molecule has 0 fully saturated rings. The first kappa shape index (κ1) is 18.7. The summed E-state index contributed by atoms with van der Waals surface area (Å²) >= 11 is 0. The van der Waals surface area contributed by atoms with E-state index < -0.39 is 0 Å². The Labute approximate surface area is 179 Å². The van der Waals surface area contributed by atoms with Crippen molar-refractivity contribution in [2.24, 2.45) is 0 Å². The predicted octanol–water partition coefficient (Wildman–Crippen LogP) is 4.38. The molecule has 0 aliphatic carbocycles. The van der Waals surface area contributed by atoms with Gasteiger partial charge in [-0.2, -0.15) is 14.6 Å². The summed E-state index contributed by atoms with van der Waals surface area (Å²) in [5.74, 6) is 2.20. The quantitative estimate of drug-likeness (QED) is 0.431. The van der Waals surface area contributed by atoms with Crippen molar-refractivity contribution in [3.05, 3.63) is 103 Å². The van der Waals surface area contributed by atoms with E-state index in [0.29, 0.717) is 18.9 Å². The Morgan fingerprint density at radius 2 is 1.71 bits per heavy atom. The van der Waals surface area contributed by atoms with Crippen LogP contribution >= 0.6 is 0 Å². The molecular formula is C24H20N6O. The lowest BCUT2D eigenvalue weighted by Gasteiger charge is -2.11. The Morgan fingerprint density at radius 1 is 0.871 bits per heavy atom. The Hall–Kier alpha value is -4.26. The minimum Gasteiger partial charge on any atom is -0.487 e. The van der Waals surface area contributed by atoms with Crippen molar-refractivity contribution >= 4 is 11.6 Å². The van der Waals surface area contributed by atoms with Gasteiger partial charge in [0, 0.05) is 24.4 Å². The molecule has 5 rings (SSSR count). The zero-order valence-electron chi connectivity index (χ0n) is 16.7. The van der Waals surface area contributed by atoms with Crippen LogP contribution < -0.4 is 10.1 Å². The summed E-state index contributed by atoms with van der Waals surface area (Å²) in [6.07, 6.45) is 3.28. The standard InChI is InChI=1S/C24H20N6O/c1-2-6-19(7-3-1)22-14-23(30-24(29-22)27-17-28-30)26-15-18-9-11-21(12-10-18)31-16-20-8-4-5-13-25-20/h1-14,17,26H,15-16H2. The number of rotatable bonds is 7. The molecule has 7 heteroatoms. The van der Waals surface area contributed by atoms with Crippen LogP contribution in [0.2, 0.25) is 0 Å².